The summed E-state index contributed by atoms with van der Waals surface area (Å²) < 4.78 is 1.81. The molecule has 5 aromatic rings. The third-order valence-electron chi connectivity index (χ3n) is 6.62. The van der Waals surface area contributed by atoms with E-state index in [9.17, 15) is 4.79 Å². The van der Waals surface area contributed by atoms with Gasteiger partial charge >= 0.3 is 0 Å². The maximum atomic E-state index is 13.7. The molecule has 7 nitrogen and oxygen atoms in total. The van der Waals surface area contributed by atoms with Crippen LogP contribution >= 0.6 is 11.6 Å². The predicted octanol–water partition coefficient (Wildman–Crippen LogP) is 6.02. The van der Waals surface area contributed by atoms with Crippen molar-refractivity contribution in [3.05, 3.63) is 122 Å². The predicted molar refractivity (Wildman–Crippen MR) is 151 cm³/mol. The average Bonchev–Trinajstić information content (AvgIpc) is 3.37. The van der Waals surface area contributed by atoms with E-state index in [0.717, 1.165) is 27.6 Å². The highest BCUT2D eigenvalue weighted by Gasteiger charge is 2.34. The maximum absolute atomic E-state index is 13.7. The van der Waals surface area contributed by atoms with Crippen LogP contribution in [0.1, 0.15) is 54.9 Å². The normalized spacial score (nSPS) is 12.8. The second kappa shape index (κ2) is 10.5. The Balaban J connectivity index is 1.74. The van der Waals surface area contributed by atoms with E-state index in [0.29, 0.717) is 29.5 Å². The minimum Gasteiger partial charge on any atom is -0.322 e. The molecular formula is C30H31ClN6O. The number of H-pyrrole nitrogens is 1. The second-order valence-electron chi connectivity index (χ2n) is 10.6. The Morgan fingerprint density at radius 2 is 1.71 bits per heavy atom. The van der Waals surface area contributed by atoms with Crippen molar-refractivity contribution >= 4 is 22.5 Å². The van der Waals surface area contributed by atoms with Crippen LogP contribution in [0.4, 0.5) is 0 Å². The first-order valence-electron chi connectivity index (χ1n) is 12.6. The largest absolute Gasteiger partial charge is 0.322 e. The van der Waals surface area contributed by atoms with E-state index < -0.39 is 11.6 Å². The van der Waals surface area contributed by atoms with Crippen LogP contribution in [0, 0.1) is 6.92 Å². The lowest BCUT2D eigenvalue weighted by molar-refractivity contribution is 0.184. The second-order valence-corrected chi connectivity index (χ2v) is 11.1. The Labute approximate surface area is 227 Å². The number of pyridine rings is 1. The van der Waals surface area contributed by atoms with Crippen molar-refractivity contribution < 1.29 is 0 Å². The number of aromatic amines is 1. The van der Waals surface area contributed by atoms with Crippen molar-refractivity contribution in [3.63, 3.8) is 0 Å². The highest BCUT2D eigenvalue weighted by molar-refractivity contribution is 6.31. The number of hydrogen-bond donors (Lipinski definition) is 1. The molecule has 0 unspecified atom stereocenters. The van der Waals surface area contributed by atoms with Crippen LogP contribution in [-0.2, 0) is 18.6 Å². The van der Waals surface area contributed by atoms with Gasteiger partial charge in [-0.25, -0.2) is 4.68 Å². The zero-order valence-corrected chi connectivity index (χ0v) is 22.8. The molecule has 0 aliphatic carbocycles. The molecule has 0 saturated carbocycles. The number of aryl methyl sites for hydroxylation is 1. The smallest absolute Gasteiger partial charge is 0.253 e. The first-order valence-corrected chi connectivity index (χ1v) is 13.0. The van der Waals surface area contributed by atoms with Crippen LogP contribution in [0.3, 0.4) is 0 Å². The molecule has 3 aromatic carbocycles. The van der Waals surface area contributed by atoms with Crippen LogP contribution in [0.25, 0.3) is 10.9 Å². The fraction of sp³-hybridized carbons (Fsp3) is 0.267. The molecule has 0 spiro atoms. The first kappa shape index (κ1) is 25.8. The Kier molecular flexibility index (Phi) is 7.15. The zero-order chi connectivity index (χ0) is 26.9. The summed E-state index contributed by atoms with van der Waals surface area (Å²) in [6.07, 6.45) is 0. The van der Waals surface area contributed by atoms with Gasteiger partial charge in [-0.3, -0.25) is 9.69 Å². The molecule has 0 radical (unpaired) electrons. The topological polar surface area (TPSA) is 79.7 Å². The molecule has 0 bridgehead atoms. The molecule has 1 atom stereocenters. The monoisotopic (exact) mass is 526 g/mol. The highest BCUT2D eigenvalue weighted by Crippen LogP contribution is 2.33. The standard InChI is InChI=1S/C30H31ClN6O/c1-20-14-15-22-17-24(29(38)32-26(22)16-20)27(28-33-34-35-37(28)30(2,3)4)36(18-21-10-6-5-7-11-21)19-23-12-8-9-13-25(23)31/h5-17,27H,18-19H2,1-4H3,(H,32,38)/t27-/m0/s1. The Hall–Kier alpha value is -3.81. The van der Waals surface area contributed by atoms with Crippen LogP contribution in [0.15, 0.2) is 83.7 Å². The Morgan fingerprint density at radius 3 is 2.45 bits per heavy atom. The number of halogens is 1. The quantitative estimate of drug-likeness (QED) is 0.280. The van der Waals surface area contributed by atoms with Gasteiger partial charge in [0.1, 0.15) is 6.04 Å². The van der Waals surface area contributed by atoms with Crippen molar-refractivity contribution in [3.8, 4) is 0 Å². The van der Waals surface area contributed by atoms with E-state index in [1.165, 1.54) is 0 Å². The van der Waals surface area contributed by atoms with Crippen molar-refractivity contribution in [2.45, 2.75) is 52.4 Å². The van der Waals surface area contributed by atoms with Gasteiger partial charge in [0.05, 0.1) is 5.54 Å². The highest BCUT2D eigenvalue weighted by atomic mass is 35.5. The van der Waals surface area contributed by atoms with Crippen LogP contribution < -0.4 is 5.56 Å². The lowest BCUT2D eigenvalue weighted by Gasteiger charge is -2.33. The van der Waals surface area contributed by atoms with Crippen LogP contribution in [0.2, 0.25) is 5.02 Å². The molecule has 0 saturated heterocycles. The van der Waals surface area contributed by atoms with Crippen molar-refractivity contribution in [2.75, 3.05) is 0 Å². The van der Waals surface area contributed by atoms with Gasteiger partial charge in [-0.15, -0.1) is 5.10 Å². The van der Waals surface area contributed by atoms with E-state index in [4.69, 9.17) is 11.6 Å². The van der Waals surface area contributed by atoms with Crippen molar-refractivity contribution in [2.24, 2.45) is 0 Å². The summed E-state index contributed by atoms with van der Waals surface area (Å²) in [7, 11) is 0. The summed E-state index contributed by atoms with van der Waals surface area (Å²) in [6.45, 7) is 9.20. The third-order valence-corrected chi connectivity index (χ3v) is 6.99. The third kappa shape index (κ3) is 5.39. The average molecular weight is 527 g/mol. The molecule has 0 aliphatic rings. The molecule has 194 valence electrons. The van der Waals surface area contributed by atoms with Gasteiger partial charge in [0, 0.05) is 29.2 Å². The van der Waals surface area contributed by atoms with Gasteiger partial charge in [-0.05, 0) is 78.4 Å². The van der Waals surface area contributed by atoms with E-state index in [-0.39, 0.29) is 5.56 Å². The van der Waals surface area contributed by atoms with Gasteiger partial charge in [0.25, 0.3) is 5.56 Å². The van der Waals surface area contributed by atoms with Crippen LogP contribution in [-0.4, -0.2) is 30.1 Å². The molecule has 8 heteroatoms. The lowest BCUT2D eigenvalue weighted by atomic mass is 9.99. The SMILES string of the molecule is Cc1ccc2cc([C@@H](c3nnnn3C(C)(C)C)N(Cc3ccccc3)Cc3ccccc3Cl)c(=O)[nH]c2c1. The van der Waals surface area contributed by atoms with E-state index in [2.05, 4.69) is 37.5 Å². The number of rotatable bonds is 7. The Morgan fingerprint density at radius 1 is 0.974 bits per heavy atom. The molecule has 38 heavy (non-hydrogen) atoms. The number of aromatic nitrogens is 5. The zero-order valence-electron chi connectivity index (χ0n) is 22.0. The van der Waals surface area contributed by atoms with E-state index in [1.807, 2.05) is 94.4 Å². The van der Waals surface area contributed by atoms with Crippen molar-refractivity contribution in [1.29, 1.82) is 0 Å². The Bertz CT molecular complexity index is 1620. The van der Waals surface area contributed by atoms with Crippen LogP contribution in [0.5, 0.6) is 0 Å². The van der Waals surface area contributed by atoms with E-state index >= 15 is 0 Å². The molecule has 2 heterocycles. The summed E-state index contributed by atoms with van der Waals surface area (Å²) in [6, 6.07) is 25.5. The summed E-state index contributed by atoms with van der Waals surface area (Å²) in [5, 5.41) is 14.5. The maximum Gasteiger partial charge on any atom is 0.253 e. The molecule has 5 rings (SSSR count). The number of benzene rings is 3. The molecule has 0 aliphatic heterocycles. The fourth-order valence-electron chi connectivity index (χ4n) is 4.78. The summed E-state index contributed by atoms with van der Waals surface area (Å²) in [5.41, 5.74) is 3.94. The number of nitrogens with one attached hydrogen (secondary N) is 1. The van der Waals surface area contributed by atoms with Gasteiger partial charge in [0.15, 0.2) is 5.82 Å². The first-order chi connectivity index (χ1) is 18.2. The minimum atomic E-state index is -0.546. The molecule has 0 fully saturated rings. The fourth-order valence-corrected chi connectivity index (χ4v) is 4.97. The molecule has 0 amide bonds. The van der Waals surface area contributed by atoms with Gasteiger partial charge in [0.2, 0.25) is 0 Å². The summed E-state index contributed by atoms with van der Waals surface area (Å²) in [5.74, 6) is 0.595. The number of fused-ring (bicyclic) bond motifs is 1. The lowest BCUT2D eigenvalue weighted by Crippen LogP contribution is -2.37. The number of nitrogens with zero attached hydrogens (tertiary/aromatic N) is 5. The number of tetrazole rings is 1. The van der Waals surface area contributed by atoms with Gasteiger partial charge < -0.3 is 4.98 Å². The van der Waals surface area contributed by atoms with E-state index in [1.54, 1.807) is 4.68 Å². The van der Waals surface area contributed by atoms with Gasteiger partial charge in [-0.2, -0.15) is 0 Å². The molecule has 1 N–H and O–H groups in total. The summed E-state index contributed by atoms with van der Waals surface area (Å²) >= 11 is 6.63. The minimum absolute atomic E-state index is 0.172. The number of hydrogen-bond acceptors (Lipinski definition) is 5. The van der Waals surface area contributed by atoms with Crippen molar-refractivity contribution in [1.82, 2.24) is 30.1 Å². The molecule has 2 aromatic heterocycles. The summed E-state index contributed by atoms with van der Waals surface area (Å²) in [4.78, 5) is 19.1. The van der Waals surface area contributed by atoms with Gasteiger partial charge in [-0.1, -0.05) is 72.3 Å². The molecular weight excluding hydrogens is 496 g/mol.